The van der Waals surface area contributed by atoms with Crippen molar-refractivity contribution in [1.29, 1.82) is 0 Å². The number of hydrogen-bond acceptors (Lipinski definition) is 3. The van der Waals surface area contributed by atoms with Gasteiger partial charge in [0.2, 0.25) is 10.0 Å². The van der Waals surface area contributed by atoms with Crippen LogP contribution in [0.5, 0.6) is 0 Å². The zero-order chi connectivity index (χ0) is 14.3. The lowest BCUT2D eigenvalue weighted by atomic mass is 9.94. The molecule has 0 spiro atoms. The molecule has 3 rings (SSSR count). The van der Waals surface area contributed by atoms with Crippen LogP contribution in [-0.4, -0.2) is 38.0 Å². The van der Waals surface area contributed by atoms with E-state index in [0.29, 0.717) is 19.5 Å². The zero-order valence-electron chi connectivity index (χ0n) is 11.3. The molecule has 0 radical (unpaired) electrons. The number of fused-ring (bicyclic) bond motifs is 1. The number of piperidine rings is 1. The Morgan fingerprint density at radius 2 is 2.10 bits per heavy atom. The second-order valence-electron chi connectivity index (χ2n) is 5.56. The second kappa shape index (κ2) is 5.09. The first kappa shape index (κ1) is 14.0. The van der Waals surface area contributed by atoms with Gasteiger partial charge in [-0.1, -0.05) is 12.1 Å². The summed E-state index contributed by atoms with van der Waals surface area (Å²) in [5.74, 6) is -0.467. The van der Waals surface area contributed by atoms with E-state index in [-0.39, 0.29) is 23.0 Å². The van der Waals surface area contributed by atoms with Crippen molar-refractivity contribution in [2.24, 2.45) is 5.92 Å². The van der Waals surface area contributed by atoms with Gasteiger partial charge in [-0.2, -0.15) is 4.31 Å². The second-order valence-corrected chi connectivity index (χ2v) is 7.47. The quantitative estimate of drug-likeness (QED) is 0.839. The molecule has 2 heterocycles. The lowest BCUT2D eigenvalue weighted by molar-refractivity contribution is 0.0206. The summed E-state index contributed by atoms with van der Waals surface area (Å²) >= 11 is 0. The highest BCUT2D eigenvalue weighted by Crippen LogP contribution is 2.34. The van der Waals surface area contributed by atoms with Gasteiger partial charge in [-0.3, -0.25) is 0 Å². The molecular formula is C14H18FNO3S. The minimum Gasteiger partial charge on any atom is -0.375 e. The van der Waals surface area contributed by atoms with E-state index in [9.17, 15) is 12.8 Å². The van der Waals surface area contributed by atoms with E-state index in [4.69, 9.17) is 4.74 Å². The van der Waals surface area contributed by atoms with E-state index >= 15 is 0 Å². The van der Waals surface area contributed by atoms with E-state index in [1.54, 1.807) is 6.07 Å². The molecule has 0 N–H and O–H groups in total. The minimum absolute atomic E-state index is 0.150. The topological polar surface area (TPSA) is 46.6 Å². The number of rotatable bonds is 2. The maximum atomic E-state index is 13.7. The zero-order valence-corrected chi connectivity index (χ0v) is 12.1. The van der Waals surface area contributed by atoms with Crippen molar-refractivity contribution in [1.82, 2.24) is 4.31 Å². The van der Waals surface area contributed by atoms with Crippen LogP contribution in [0.3, 0.4) is 0 Å². The molecule has 1 aromatic rings. The summed E-state index contributed by atoms with van der Waals surface area (Å²) in [6.45, 7) is 2.82. The van der Waals surface area contributed by atoms with Crippen molar-refractivity contribution >= 4 is 10.0 Å². The largest absolute Gasteiger partial charge is 0.375 e. The first-order valence-corrected chi connectivity index (χ1v) is 8.32. The van der Waals surface area contributed by atoms with Crippen LogP contribution in [0.25, 0.3) is 0 Å². The molecule has 0 aromatic heterocycles. The number of halogens is 1. The molecule has 2 aliphatic rings. The summed E-state index contributed by atoms with van der Waals surface area (Å²) in [5, 5.41) is 0. The Labute approximate surface area is 118 Å². The number of nitrogens with zero attached hydrogens (tertiary/aromatic N) is 1. The predicted molar refractivity (Wildman–Crippen MR) is 72.2 cm³/mol. The average molecular weight is 299 g/mol. The summed E-state index contributed by atoms with van der Waals surface area (Å²) in [7, 11) is -3.75. The molecule has 0 amide bonds. The van der Waals surface area contributed by atoms with Crippen molar-refractivity contribution in [2.45, 2.75) is 36.9 Å². The summed E-state index contributed by atoms with van der Waals surface area (Å²) in [5.41, 5.74) is 0. The third-order valence-corrected chi connectivity index (χ3v) is 6.02. The summed E-state index contributed by atoms with van der Waals surface area (Å²) < 4.78 is 45.9. The number of sulfonamides is 1. The van der Waals surface area contributed by atoms with E-state index in [2.05, 4.69) is 0 Å². The Morgan fingerprint density at radius 3 is 2.85 bits per heavy atom. The number of hydrogen-bond donors (Lipinski definition) is 0. The highest BCUT2D eigenvalue weighted by Gasteiger charge is 2.41. The maximum Gasteiger partial charge on any atom is 0.245 e. The van der Waals surface area contributed by atoms with Gasteiger partial charge in [-0.25, -0.2) is 12.8 Å². The molecule has 20 heavy (non-hydrogen) atoms. The fraction of sp³-hybridized carbons (Fsp3) is 0.571. The molecule has 2 aliphatic heterocycles. The van der Waals surface area contributed by atoms with Crippen LogP contribution in [0.15, 0.2) is 29.2 Å². The highest BCUT2D eigenvalue weighted by atomic mass is 32.2. The number of ether oxygens (including phenoxy) is 1. The molecule has 0 aliphatic carbocycles. The monoisotopic (exact) mass is 299 g/mol. The Morgan fingerprint density at radius 1 is 1.35 bits per heavy atom. The maximum absolute atomic E-state index is 13.7. The van der Waals surface area contributed by atoms with E-state index in [1.165, 1.54) is 22.5 Å². The molecule has 3 atom stereocenters. The highest BCUT2D eigenvalue weighted by molar-refractivity contribution is 7.89. The molecule has 110 valence electrons. The minimum atomic E-state index is -3.75. The SMILES string of the molecule is C[C@H]1C[C@H]2CN(S(=O)(=O)c3ccccc3F)CC[C@@H]2O1. The summed E-state index contributed by atoms with van der Waals surface area (Å²) in [6.07, 6.45) is 1.88. The van der Waals surface area contributed by atoms with Crippen molar-refractivity contribution in [2.75, 3.05) is 13.1 Å². The molecule has 0 saturated carbocycles. The Balaban J connectivity index is 1.84. The van der Waals surface area contributed by atoms with E-state index in [0.717, 1.165) is 6.42 Å². The summed E-state index contributed by atoms with van der Waals surface area (Å²) in [6, 6.07) is 5.54. The Hall–Kier alpha value is -0.980. The van der Waals surface area contributed by atoms with Crippen LogP contribution < -0.4 is 0 Å². The van der Waals surface area contributed by atoms with Gasteiger partial charge < -0.3 is 4.74 Å². The van der Waals surface area contributed by atoms with Gasteiger partial charge in [0.05, 0.1) is 12.2 Å². The van der Waals surface area contributed by atoms with Crippen LogP contribution in [0.2, 0.25) is 0 Å². The van der Waals surface area contributed by atoms with Gasteiger partial charge in [0.15, 0.2) is 0 Å². The van der Waals surface area contributed by atoms with Crippen LogP contribution in [0.4, 0.5) is 4.39 Å². The molecule has 0 unspecified atom stereocenters. The van der Waals surface area contributed by atoms with Crippen molar-refractivity contribution in [3.8, 4) is 0 Å². The van der Waals surface area contributed by atoms with Crippen molar-refractivity contribution in [3.63, 3.8) is 0 Å². The molecule has 1 aromatic carbocycles. The normalized spacial score (nSPS) is 31.2. The molecule has 2 saturated heterocycles. The van der Waals surface area contributed by atoms with Gasteiger partial charge in [0, 0.05) is 19.0 Å². The van der Waals surface area contributed by atoms with Crippen molar-refractivity contribution < 1.29 is 17.5 Å². The Bertz CT molecular complexity index is 604. The van der Waals surface area contributed by atoms with E-state index < -0.39 is 15.8 Å². The molecule has 0 bridgehead atoms. The Kier molecular flexibility index (Phi) is 3.56. The third kappa shape index (κ3) is 2.36. The van der Waals surface area contributed by atoms with Crippen LogP contribution in [-0.2, 0) is 14.8 Å². The molecular weight excluding hydrogens is 281 g/mol. The molecule has 6 heteroatoms. The first-order chi connectivity index (χ1) is 9.48. The standard InChI is InChI=1S/C14H18FNO3S/c1-10-8-11-9-16(7-6-13(11)19-10)20(17,18)14-5-3-2-4-12(14)15/h2-5,10-11,13H,6-9H2,1H3/t10-,11-,13-/m0/s1. The van der Waals surface area contributed by atoms with Crippen LogP contribution in [0, 0.1) is 11.7 Å². The fourth-order valence-electron chi connectivity index (χ4n) is 3.17. The smallest absolute Gasteiger partial charge is 0.245 e. The van der Waals surface area contributed by atoms with Crippen LogP contribution in [0.1, 0.15) is 19.8 Å². The van der Waals surface area contributed by atoms with Crippen molar-refractivity contribution in [3.05, 3.63) is 30.1 Å². The van der Waals surface area contributed by atoms with Crippen LogP contribution >= 0.6 is 0 Å². The first-order valence-electron chi connectivity index (χ1n) is 6.88. The summed E-state index contributed by atoms with van der Waals surface area (Å²) in [4.78, 5) is -0.231. The third-order valence-electron chi connectivity index (χ3n) is 4.12. The predicted octanol–water partition coefficient (Wildman–Crippen LogP) is 2.01. The van der Waals surface area contributed by atoms with Gasteiger partial charge in [-0.15, -0.1) is 0 Å². The fourth-order valence-corrected chi connectivity index (χ4v) is 4.75. The lowest BCUT2D eigenvalue weighted by Gasteiger charge is -2.33. The lowest BCUT2D eigenvalue weighted by Crippen LogP contribution is -2.44. The van der Waals surface area contributed by atoms with Gasteiger partial charge in [-0.05, 0) is 31.9 Å². The van der Waals surface area contributed by atoms with Gasteiger partial charge >= 0.3 is 0 Å². The van der Waals surface area contributed by atoms with E-state index in [1.807, 2.05) is 6.92 Å². The van der Waals surface area contributed by atoms with Gasteiger partial charge in [0.1, 0.15) is 10.7 Å². The average Bonchev–Trinajstić information content (AvgIpc) is 2.78. The molecule has 2 fully saturated rings. The number of benzene rings is 1. The van der Waals surface area contributed by atoms with Gasteiger partial charge in [0.25, 0.3) is 0 Å². The molecule has 4 nitrogen and oxygen atoms in total.